The van der Waals surface area contributed by atoms with E-state index in [9.17, 15) is 13.5 Å². The molecule has 1 heterocycles. The van der Waals surface area contributed by atoms with Gasteiger partial charge in [-0.3, -0.25) is 0 Å². The Kier molecular flexibility index (Phi) is 2.47. The molecule has 1 aliphatic heterocycles. The molecule has 2 unspecified atom stereocenters. The Balaban J connectivity index is 2.78. The Morgan fingerprint density at radius 2 is 2.25 bits per heavy atom. The van der Waals surface area contributed by atoms with Gasteiger partial charge in [-0.1, -0.05) is 0 Å². The summed E-state index contributed by atoms with van der Waals surface area (Å²) in [5.74, 6) is -0.251. The van der Waals surface area contributed by atoms with Crippen LogP contribution in [-0.4, -0.2) is 43.3 Å². The van der Waals surface area contributed by atoms with Crippen molar-refractivity contribution in [2.75, 3.05) is 18.1 Å². The summed E-state index contributed by atoms with van der Waals surface area (Å²) in [6.07, 6.45) is -0.563. The van der Waals surface area contributed by atoms with E-state index in [1.165, 1.54) is 6.92 Å². The van der Waals surface area contributed by atoms with Gasteiger partial charge in [-0.05, 0) is 13.8 Å². The van der Waals surface area contributed by atoms with E-state index >= 15 is 0 Å². The lowest BCUT2D eigenvalue weighted by Gasteiger charge is -2.22. The van der Waals surface area contributed by atoms with E-state index in [0.29, 0.717) is 6.61 Å². The number of hydrogen-bond acceptors (Lipinski definition) is 4. The lowest BCUT2D eigenvalue weighted by Crippen LogP contribution is -2.39. The first kappa shape index (κ1) is 9.95. The zero-order valence-corrected chi connectivity index (χ0v) is 8.10. The van der Waals surface area contributed by atoms with Crippen molar-refractivity contribution in [2.24, 2.45) is 0 Å². The predicted molar refractivity (Wildman–Crippen MR) is 44.7 cm³/mol. The molecule has 0 saturated carbocycles. The van der Waals surface area contributed by atoms with Crippen LogP contribution in [0.2, 0.25) is 0 Å². The number of sulfone groups is 1. The molecule has 1 rings (SSSR count). The maximum absolute atomic E-state index is 11.1. The minimum Gasteiger partial charge on any atom is -0.386 e. The first-order valence-corrected chi connectivity index (χ1v) is 5.74. The fraction of sp³-hybridized carbons (Fsp3) is 1.00. The van der Waals surface area contributed by atoms with E-state index < -0.39 is 21.5 Å². The van der Waals surface area contributed by atoms with Crippen LogP contribution in [0.5, 0.6) is 0 Å². The molecule has 0 aromatic carbocycles. The van der Waals surface area contributed by atoms with Crippen molar-refractivity contribution in [3.63, 3.8) is 0 Å². The topological polar surface area (TPSA) is 63.6 Å². The van der Waals surface area contributed by atoms with Gasteiger partial charge < -0.3 is 9.84 Å². The summed E-state index contributed by atoms with van der Waals surface area (Å²) in [5.41, 5.74) is -1.21. The van der Waals surface area contributed by atoms with Gasteiger partial charge in [-0.2, -0.15) is 0 Å². The third-order valence-electron chi connectivity index (χ3n) is 1.98. The zero-order valence-electron chi connectivity index (χ0n) is 7.28. The zero-order chi connectivity index (χ0) is 9.41. The van der Waals surface area contributed by atoms with E-state index in [2.05, 4.69) is 0 Å². The number of hydrogen-bond donors (Lipinski definition) is 1. The maximum Gasteiger partial charge on any atom is 0.155 e. The van der Waals surface area contributed by atoms with Gasteiger partial charge in [-0.15, -0.1) is 0 Å². The summed E-state index contributed by atoms with van der Waals surface area (Å²) in [6, 6.07) is 0. The van der Waals surface area contributed by atoms with Gasteiger partial charge in [-0.25, -0.2) is 8.42 Å². The molecular formula is C7H14O4S. The van der Waals surface area contributed by atoms with E-state index in [0.717, 1.165) is 0 Å². The summed E-state index contributed by atoms with van der Waals surface area (Å²) in [6.45, 7) is 3.70. The Morgan fingerprint density at radius 3 is 2.58 bits per heavy atom. The van der Waals surface area contributed by atoms with Crippen LogP contribution >= 0.6 is 0 Å². The normalized spacial score (nSPS) is 40.1. The molecule has 2 atom stereocenters. The van der Waals surface area contributed by atoms with Gasteiger partial charge in [0.1, 0.15) is 11.7 Å². The smallest absolute Gasteiger partial charge is 0.155 e. The van der Waals surface area contributed by atoms with Gasteiger partial charge in [0, 0.05) is 6.61 Å². The molecule has 0 aromatic rings. The van der Waals surface area contributed by atoms with Crippen molar-refractivity contribution in [3.8, 4) is 0 Å². The second-order valence-corrected chi connectivity index (χ2v) is 5.46. The Bertz CT molecular complexity index is 255. The standard InChI is InChI=1S/C7H14O4S/c1-3-11-6-4-12(9,10)5-7(6,2)8/h6,8H,3-5H2,1-2H3. The highest BCUT2D eigenvalue weighted by molar-refractivity contribution is 7.91. The third-order valence-corrected chi connectivity index (χ3v) is 3.81. The SMILES string of the molecule is CCOC1CS(=O)(=O)CC1(C)O. The molecule has 0 amide bonds. The highest BCUT2D eigenvalue weighted by Gasteiger charge is 2.46. The Morgan fingerprint density at radius 1 is 1.67 bits per heavy atom. The van der Waals surface area contributed by atoms with Crippen molar-refractivity contribution < 1.29 is 18.3 Å². The summed E-state index contributed by atoms with van der Waals surface area (Å²) in [7, 11) is -3.10. The van der Waals surface area contributed by atoms with Crippen LogP contribution in [0.1, 0.15) is 13.8 Å². The van der Waals surface area contributed by atoms with Crippen LogP contribution < -0.4 is 0 Å². The molecule has 12 heavy (non-hydrogen) atoms. The van der Waals surface area contributed by atoms with Gasteiger partial charge in [0.25, 0.3) is 0 Å². The van der Waals surface area contributed by atoms with E-state index in [1.54, 1.807) is 6.92 Å². The van der Waals surface area contributed by atoms with E-state index in [4.69, 9.17) is 4.74 Å². The minimum atomic E-state index is -3.10. The molecule has 0 bridgehead atoms. The van der Waals surface area contributed by atoms with Crippen LogP contribution in [-0.2, 0) is 14.6 Å². The number of rotatable bonds is 2. The molecule has 0 aliphatic carbocycles. The molecule has 0 radical (unpaired) electrons. The van der Waals surface area contributed by atoms with Gasteiger partial charge in [0.2, 0.25) is 0 Å². The first-order valence-electron chi connectivity index (χ1n) is 3.92. The molecule has 72 valence electrons. The average Bonchev–Trinajstić information content (AvgIpc) is 2.01. The average molecular weight is 194 g/mol. The van der Waals surface area contributed by atoms with Crippen LogP contribution in [0, 0.1) is 0 Å². The van der Waals surface area contributed by atoms with Crippen molar-refractivity contribution >= 4 is 9.84 Å². The summed E-state index contributed by atoms with van der Waals surface area (Å²) < 4.78 is 27.3. The minimum absolute atomic E-state index is 0.0617. The largest absolute Gasteiger partial charge is 0.386 e. The molecule has 1 fully saturated rings. The second-order valence-electron chi connectivity index (χ2n) is 3.36. The molecule has 0 spiro atoms. The van der Waals surface area contributed by atoms with Crippen LogP contribution in [0.25, 0.3) is 0 Å². The summed E-state index contributed by atoms with van der Waals surface area (Å²) in [4.78, 5) is 0. The van der Waals surface area contributed by atoms with Crippen LogP contribution in [0.3, 0.4) is 0 Å². The summed E-state index contributed by atoms with van der Waals surface area (Å²) in [5, 5.41) is 9.62. The Labute approximate surface area is 72.5 Å². The van der Waals surface area contributed by atoms with Crippen molar-refractivity contribution in [2.45, 2.75) is 25.6 Å². The lowest BCUT2D eigenvalue weighted by atomic mass is 10.0. The summed E-state index contributed by atoms with van der Waals surface area (Å²) >= 11 is 0. The predicted octanol–water partition coefficient (Wildman–Crippen LogP) is -0.429. The van der Waals surface area contributed by atoms with Gasteiger partial charge in [0.05, 0.1) is 11.5 Å². The highest BCUT2D eigenvalue weighted by Crippen LogP contribution is 2.25. The van der Waals surface area contributed by atoms with E-state index in [1.807, 2.05) is 0 Å². The quantitative estimate of drug-likeness (QED) is 0.648. The fourth-order valence-electron chi connectivity index (χ4n) is 1.44. The highest BCUT2D eigenvalue weighted by atomic mass is 32.2. The van der Waals surface area contributed by atoms with Crippen molar-refractivity contribution in [1.29, 1.82) is 0 Å². The number of ether oxygens (including phenoxy) is 1. The molecule has 0 aromatic heterocycles. The molecule has 4 nitrogen and oxygen atoms in total. The monoisotopic (exact) mass is 194 g/mol. The molecule has 1 aliphatic rings. The third kappa shape index (κ3) is 1.97. The van der Waals surface area contributed by atoms with Crippen LogP contribution in [0.15, 0.2) is 0 Å². The number of aliphatic hydroxyl groups is 1. The molecular weight excluding hydrogens is 180 g/mol. The maximum atomic E-state index is 11.1. The molecule has 1 N–H and O–H groups in total. The van der Waals surface area contributed by atoms with Gasteiger partial charge >= 0.3 is 0 Å². The Hall–Kier alpha value is -0.130. The second kappa shape index (κ2) is 2.97. The fourth-order valence-corrected chi connectivity index (χ4v) is 3.55. The lowest BCUT2D eigenvalue weighted by molar-refractivity contribution is -0.0629. The van der Waals surface area contributed by atoms with E-state index in [-0.39, 0.29) is 11.5 Å². The van der Waals surface area contributed by atoms with Crippen LogP contribution in [0.4, 0.5) is 0 Å². The van der Waals surface area contributed by atoms with Gasteiger partial charge in [0.15, 0.2) is 9.84 Å². The molecule has 1 saturated heterocycles. The van der Waals surface area contributed by atoms with Crippen molar-refractivity contribution in [3.05, 3.63) is 0 Å². The molecule has 5 heteroatoms. The first-order chi connectivity index (χ1) is 5.37. The van der Waals surface area contributed by atoms with Crippen molar-refractivity contribution in [1.82, 2.24) is 0 Å².